The fourth-order valence-corrected chi connectivity index (χ4v) is 1.76. The van der Waals surface area contributed by atoms with Gasteiger partial charge in [-0.05, 0) is 32.7 Å². The Morgan fingerprint density at radius 1 is 1.42 bits per heavy atom. The average molecular weight is 170 g/mol. The van der Waals surface area contributed by atoms with Crippen LogP contribution in [-0.4, -0.2) is 37.2 Å². The second-order valence-electron chi connectivity index (χ2n) is 3.35. The minimum Gasteiger partial charge on any atom is -0.378 e. The molecule has 0 bridgehead atoms. The van der Waals surface area contributed by atoms with Crippen LogP contribution < -0.4 is 0 Å². The number of piperidine rings is 1. The van der Waals surface area contributed by atoms with E-state index in [9.17, 15) is 0 Å². The monoisotopic (exact) mass is 170 g/mol. The normalized spacial score (nSPS) is 21.5. The van der Waals surface area contributed by atoms with Crippen molar-refractivity contribution >= 4 is 0 Å². The highest BCUT2D eigenvalue weighted by molar-refractivity contribution is 4.72. The Morgan fingerprint density at radius 2 is 2.08 bits per heavy atom. The number of nitrogens with zero attached hydrogens (tertiary/aromatic N) is 1. The number of likely N-dealkylation sites (tertiary alicyclic amines) is 1. The van der Waals surface area contributed by atoms with Gasteiger partial charge in [-0.1, -0.05) is 6.92 Å². The van der Waals surface area contributed by atoms with Crippen LogP contribution in [0.2, 0.25) is 0 Å². The molecule has 12 heavy (non-hydrogen) atoms. The molecule has 0 aromatic carbocycles. The Balaban J connectivity index is 2.11. The van der Waals surface area contributed by atoms with E-state index in [4.69, 9.17) is 4.74 Å². The smallest absolute Gasteiger partial charge is 0.0599 e. The summed E-state index contributed by atoms with van der Waals surface area (Å²) in [7, 11) is 0. The zero-order valence-corrected chi connectivity index (χ0v) is 8.09. The standard InChI is InChI=1S/C10H20NO/c1-3-7-11-8-5-10(6-9-11)12-4-2/h10H,1,3-9H2,2H3. The first kappa shape index (κ1) is 10.0. The van der Waals surface area contributed by atoms with Crippen LogP contribution in [0.4, 0.5) is 0 Å². The van der Waals surface area contributed by atoms with E-state index in [0.717, 1.165) is 19.6 Å². The van der Waals surface area contributed by atoms with Gasteiger partial charge in [-0.2, -0.15) is 0 Å². The maximum Gasteiger partial charge on any atom is 0.0599 e. The third-order valence-electron chi connectivity index (χ3n) is 2.41. The first-order valence-electron chi connectivity index (χ1n) is 5.00. The predicted molar refractivity (Wildman–Crippen MR) is 51.1 cm³/mol. The van der Waals surface area contributed by atoms with Gasteiger partial charge in [-0.25, -0.2) is 0 Å². The summed E-state index contributed by atoms with van der Waals surface area (Å²) >= 11 is 0. The molecule has 0 amide bonds. The van der Waals surface area contributed by atoms with Crippen molar-refractivity contribution in [3.63, 3.8) is 0 Å². The summed E-state index contributed by atoms with van der Waals surface area (Å²) in [5, 5.41) is 0. The van der Waals surface area contributed by atoms with E-state index >= 15 is 0 Å². The van der Waals surface area contributed by atoms with Crippen molar-refractivity contribution in [1.29, 1.82) is 0 Å². The summed E-state index contributed by atoms with van der Waals surface area (Å²) < 4.78 is 5.57. The molecule has 0 spiro atoms. The molecule has 1 aliphatic rings. The van der Waals surface area contributed by atoms with Gasteiger partial charge in [0.05, 0.1) is 6.10 Å². The Hall–Kier alpha value is -0.0800. The second kappa shape index (κ2) is 5.55. The highest BCUT2D eigenvalue weighted by atomic mass is 16.5. The molecule has 1 aliphatic heterocycles. The molecule has 0 atom stereocenters. The summed E-state index contributed by atoms with van der Waals surface area (Å²) in [6, 6.07) is 0. The highest BCUT2D eigenvalue weighted by Crippen LogP contribution is 2.13. The van der Waals surface area contributed by atoms with E-state index < -0.39 is 0 Å². The van der Waals surface area contributed by atoms with Gasteiger partial charge in [0.2, 0.25) is 0 Å². The van der Waals surface area contributed by atoms with Gasteiger partial charge in [0.25, 0.3) is 0 Å². The fourth-order valence-electron chi connectivity index (χ4n) is 1.76. The Morgan fingerprint density at radius 3 is 2.58 bits per heavy atom. The van der Waals surface area contributed by atoms with Gasteiger partial charge in [0.15, 0.2) is 0 Å². The van der Waals surface area contributed by atoms with Gasteiger partial charge in [-0.3, -0.25) is 0 Å². The number of hydrogen-bond acceptors (Lipinski definition) is 2. The van der Waals surface area contributed by atoms with Crippen molar-refractivity contribution in [2.24, 2.45) is 0 Å². The molecule has 0 aromatic heterocycles. The van der Waals surface area contributed by atoms with Crippen LogP contribution in [-0.2, 0) is 4.74 Å². The molecule has 0 unspecified atom stereocenters. The van der Waals surface area contributed by atoms with E-state index in [1.54, 1.807) is 0 Å². The summed E-state index contributed by atoms with van der Waals surface area (Å²) in [4.78, 5) is 2.47. The van der Waals surface area contributed by atoms with Crippen LogP contribution in [0.3, 0.4) is 0 Å². The highest BCUT2D eigenvalue weighted by Gasteiger charge is 2.17. The Kier molecular flexibility index (Phi) is 4.62. The molecule has 0 aromatic rings. The molecule has 2 nitrogen and oxygen atoms in total. The van der Waals surface area contributed by atoms with Crippen LogP contribution in [0.15, 0.2) is 0 Å². The molecule has 1 radical (unpaired) electrons. The molecule has 71 valence electrons. The lowest BCUT2D eigenvalue weighted by Gasteiger charge is -2.31. The Bertz CT molecular complexity index is 94.4. The minimum absolute atomic E-state index is 0.524. The lowest BCUT2D eigenvalue weighted by atomic mass is 10.1. The van der Waals surface area contributed by atoms with Crippen LogP contribution in [0.25, 0.3) is 0 Å². The molecule has 1 heterocycles. The van der Waals surface area contributed by atoms with Crippen molar-refractivity contribution in [1.82, 2.24) is 4.90 Å². The first-order chi connectivity index (χ1) is 5.86. The predicted octanol–water partition coefficient (Wildman–Crippen LogP) is 1.71. The SMILES string of the molecule is [CH2]CCN1CCC(OCC)CC1. The van der Waals surface area contributed by atoms with E-state index in [0.29, 0.717) is 6.10 Å². The van der Waals surface area contributed by atoms with Crippen molar-refractivity contribution in [2.45, 2.75) is 32.3 Å². The average Bonchev–Trinajstić information content (AvgIpc) is 2.09. The van der Waals surface area contributed by atoms with Gasteiger partial charge < -0.3 is 9.64 Å². The lowest BCUT2D eigenvalue weighted by Crippen LogP contribution is -2.37. The van der Waals surface area contributed by atoms with Crippen molar-refractivity contribution in [3.8, 4) is 0 Å². The van der Waals surface area contributed by atoms with E-state index in [1.165, 1.54) is 25.9 Å². The summed E-state index contributed by atoms with van der Waals surface area (Å²) in [5.41, 5.74) is 0. The second-order valence-corrected chi connectivity index (χ2v) is 3.35. The maximum absolute atomic E-state index is 5.57. The van der Waals surface area contributed by atoms with Crippen LogP contribution in [0.5, 0.6) is 0 Å². The van der Waals surface area contributed by atoms with E-state index in [-0.39, 0.29) is 0 Å². The van der Waals surface area contributed by atoms with Gasteiger partial charge >= 0.3 is 0 Å². The number of hydrogen-bond donors (Lipinski definition) is 0. The molecule has 1 fully saturated rings. The topological polar surface area (TPSA) is 12.5 Å². The molecular weight excluding hydrogens is 150 g/mol. The largest absolute Gasteiger partial charge is 0.378 e. The van der Waals surface area contributed by atoms with E-state index in [1.807, 2.05) is 0 Å². The van der Waals surface area contributed by atoms with Crippen molar-refractivity contribution in [3.05, 3.63) is 6.92 Å². The number of ether oxygens (including phenoxy) is 1. The summed E-state index contributed by atoms with van der Waals surface area (Å²) in [6.07, 6.45) is 3.96. The zero-order valence-electron chi connectivity index (χ0n) is 8.09. The molecule has 0 saturated carbocycles. The minimum atomic E-state index is 0.524. The van der Waals surface area contributed by atoms with Crippen LogP contribution in [0, 0.1) is 6.92 Å². The zero-order chi connectivity index (χ0) is 8.81. The lowest BCUT2D eigenvalue weighted by molar-refractivity contribution is 0.0146. The molecule has 2 heteroatoms. The molecule has 0 N–H and O–H groups in total. The van der Waals surface area contributed by atoms with Gasteiger partial charge in [0.1, 0.15) is 0 Å². The molecule has 1 saturated heterocycles. The molecule has 0 aliphatic carbocycles. The third-order valence-corrected chi connectivity index (χ3v) is 2.41. The first-order valence-corrected chi connectivity index (χ1v) is 5.00. The van der Waals surface area contributed by atoms with Gasteiger partial charge in [0, 0.05) is 19.7 Å². The molecule has 1 rings (SSSR count). The van der Waals surface area contributed by atoms with Crippen molar-refractivity contribution < 1.29 is 4.74 Å². The Labute approximate surface area is 75.9 Å². The van der Waals surface area contributed by atoms with E-state index in [2.05, 4.69) is 18.7 Å². The third kappa shape index (κ3) is 3.11. The molecular formula is C10H20NO. The van der Waals surface area contributed by atoms with Gasteiger partial charge in [-0.15, -0.1) is 0 Å². The summed E-state index contributed by atoms with van der Waals surface area (Å²) in [5.74, 6) is 0. The summed E-state index contributed by atoms with van der Waals surface area (Å²) in [6.45, 7) is 10.3. The number of rotatable bonds is 4. The van der Waals surface area contributed by atoms with Crippen LogP contribution >= 0.6 is 0 Å². The maximum atomic E-state index is 5.57. The van der Waals surface area contributed by atoms with Crippen molar-refractivity contribution in [2.75, 3.05) is 26.2 Å². The fraction of sp³-hybridized carbons (Fsp3) is 0.900. The van der Waals surface area contributed by atoms with Crippen LogP contribution in [0.1, 0.15) is 26.2 Å². The quantitative estimate of drug-likeness (QED) is 0.637.